The molecule has 0 aliphatic heterocycles. The second-order valence-electron chi connectivity index (χ2n) is 4.54. The molecule has 1 rings (SSSR count). The number of benzene rings is 1. The maximum absolute atomic E-state index is 10.7. The number of aliphatic hydroxyl groups is 1. The number of aliphatic hydroxyl groups excluding tert-OH is 1. The minimum atomic E-state index is -1.18. The normalized spacial score (nSPS) is 9.78. The van der Waals surface area contributed by atoms with Gasteiger partial charge in [-0.05, 0) is 6.07 Å². The van der Waals surface area contributed by atoms with Crippen LogP contribution in [-0.2, 0) is 0 Å². The fourth-order valence-corrected chi connectivity index (χ4v) is 0.943. The Morgan fingerprint density at radius 3 is 2.06 bits per heavy atom. The molecule has 18 heavy (non-hydrogen) atoms. The second kappa shape index (κ2) is 9.91. The summed E-state index contributed by atoms with van der Waals surface area (Å²) in [6, 6.07) is 5.54. The Bertz CT molecular complexity index is 369. The molecule has 98 valence electrons. The van der Waals surface area contributed by atoms with E-state index in [1.165, 1.54) is 24.3 Å². The second-order valence-corrected chi connectivity index (χ2v) is 4.54. The number of nitrogens with zero attached hydrogens (tertiary/aromatic N) is 1. The predicted octanol–water partition coefficient (Wildman–Crippen LogP) is -2.74. The number of carboxylic acids is 1. The molecule has 0 radical (unpaired) electrons. The standard InChI is InChI=1S/C7H6O3.C5H14NO.K.H/c8-6-4-2-1-3-5(6)7(9)10;1-6(2,3)4-5-7;;/h1-4,8H,(H,9,10);7H,4-5H2,1-3H3;;/q;2*+1;-1/p-1. The molecule has 1 aromatic carbocycles. The number of carbonyl (C=O) groups is 1. The number of hydrogen-bond donors (Lipinski definition) is 2. The van der Waals surface area contributed by atoms with Crippen LogP contribution in [0.25, 0.3) is 0 Å². The third kappa shape index (κ3) is 10.0. The van der Waals surface area contributed by atoms with Crippen LogP contribution in [0, 0.1) is 0 Å². The van der Waals surface area contributed by atoms with E-state index in [0.717, 1.165) is 11.0 Å². The molecule has 0 aliphatic carbocycles. The molecule has 0 heterocycles. The van der Waals surface area contributed by atoms with Gasteiger partial charge in [0.25, 0.3) is 0 Å². The van der Waals surface area contributed by atoms with Crippen molar-refractivity contribution >= 4 is 5.97 Å². The van der Waals surface area contributed by atoms with Gasteiger partial charge in [0.1, 0.15) is 6.54 Å². The van der Waals surface area contributed by atoms with Crippen molar-refractivity contribution in [2.24, 2.45) is 0 Å². The Labute approximate surface area is 152 Å². The largest absolute Gasteiger partial charge is 1.00 e. The fraction of sp³-hybridized carbons (Fsp3) is 0.417. The van der Waals surface area contributed by atoms with E-state index in [4.69, 9.17) is 10.2 Å². The number of rotatable bonds is 3. The van der Waals surface area contributed by atoms with Gasteiger partial charge in [-0.15, -0.1) is 0 Å². The van der Waals surface area contributed by atoms with E-state index in [0.29, 0.717) is 0 Å². The molecule has 0 aliphatic rings. The van der Waals surface area contributed by atoms with Gasteiger partial charge >= 0.3 is 57.4 Å². The Morgan fingerprint density at radius 1 is 1.33 bits per heavy atom. The van der Waals surface area contributed by atoms with Crippen LogP contribution in [0.1, 0.15) is 11.8 Å². The van der Waals surface area contributed by atoms with Crippen molar-refractivity contribution in [1.82, 2.24) is 0 Å². The van der Waals surface area contributed by atoms with Crippen LogP contribution >= 0.6 is 0 Å². The summed E-state index contributed by atoms with van der Waals surface area (Å²) < 4.78 is 0.844. The van der Waals surface area contributed by atoms with Gasteiger partial charge in [0.15, 0.2) is 0 Å². The quantitative estimate of drug-likeness (QED) is 0.465. The van der Waals surface area contributed by atoms with Crippen LogP contribution in [-0.4, -0.2) is 55.0 Å². The number of para-hydroxylation sites is 1. The first-order chi connectivity index (χ1) is 7.78. The van der Waals surface area contributed by atoms with Crippen LogP contribution in [0.15, 0.2) is 24.3 Å². The van der Waals surface area contributed by atoms with Crippen molar-refractivity contribution < 1.29 is 77.4 Å². The van der Waals surface area contributed by atoms with Gasteiger partial charge < -0.3 is 21.2 Å². The third-order valence-electron chi connectivity index (χ3n) is 1.89. The zero-order valence-electron chi connectivity index (χ0n) is 12.4. The minimum absolute atomic E-state index is 0. The van der Waals surface area contributed by atoms with Crippen molar-refractivity contribution in [2.75, 3.05) is 34.3 Å². The van der Waals surface area contributed by atoms with Crippen molar-refractivity contribution in [2.45, 2.75) is 0 Å². The Balaban J connectivity index is -0.000000258. The van der Waals surface area contributed by atoms with Crippen LogP contribution in [0.4, 0.5) is 0 Å². The monoisotopic (exact) mass is 281 g/mol. The smallest absolute Gasteiger partial charge is 1.00 e. The molecule has 1 aromatic rings. The van der Waals surface area contributed by atoms with E-state index in [1.807, 2.05) is 0 Å². The molecule has 0 spiro atoms. The van der Waals surface area contributed by atoms with Gasteiger partial charge in [-0.25, -0.2) is 4.79 Å². The number of likely N-dealkylation sites (N-methyl/N-ethyl adjacent to an activating group) is 1. The fourth-order valence-electron chi connectivity index (χ4n) is 0.943. The molecule has 0 bridgehead atoms. The van der Waals surface area contributed by atoms with E-state index >= 15 is 0 Å². The Hall–Kier alpha value is 0.0464. The molecule has 5 nitrogen and oxygen atoms in total. The van der Waals surface area contributed by atoms with E-state index in [-0.39, 0.29) is 65.0 Å². The van der Waals surface area contributed by atoms with Gasteiger partial charge in [-0.3, -0.25) is 0 Å². The first kappa shape index (κ1) is 20.4. The molecule has 0 saturated heterocycles. The first-order valence-corrected chi connectivity index (χ1v) is 5.18. The van der Waals surface area contributed by atoms with E-state index in [9.17, 15) is 9.90 Å². The summed E-state index contributed by atoms with van der Waals surface area (Å²) in [5, 5.41) is 27.4. The molecular weight excluding hydrogens is 261 g/mol. The maximum Gasteiger partial charge on any atom is 1.00 e. The zero-order valence-corrected chi connectivity index (χ0v) is 14.5. The number of carboxylic acid groups (broad SMARTS) is 1. The van der Waals surface area contributed by atoms with Gasteiger partial charge in [-0.2, -0.15) is 0 Å². The van der Waals surface area contributed by atoms with Gasteiger partial charge in [0.05, 0.1) is 33.3 Å². The SMILES string of the molecule is C[N+](C)(C)CCO.O=C(O)c1ccccc1[O-].[H-].[K+]. The first-order valence-electron chi connectivity index (χ1n) is 5.18. The van der Waals surface area contributed by atoms with E-state index in [1.54, 1.807) is 0 Å². The van der Waals surface area contributed by atoms with Crippen molar-refractivity contribution in [3.8, 4) is 5.75 Å². The number of quaternary nitrogens is 1. The summed E-state index contributed by atoms with van der Waals surface area (Å²) in [5.41, 5.74) is -0.178. The van der Waals surface area contributed by atoms with Gasteiger partial charge in [-0.1, -0.05) is 23.9 Å². The molecule has 6 heteroatoms. The Morgan fingerprint density at radius 2 is 1.83 bits per heavy atom. The van der Waals surface area contributed by atoms with Crippen LogP contribution in [0.3, 0.4) is 0 Å². The van der Waals surface area contributed by atoms with Crippen LogP contribution in [0.5, 0.6) is 5.75 Å². The summed E-state index contributed by atoms with van der Waals surface area (Å²) in [4.78, 5) is 10.2. The summed E-state index contributed by atoms with van der Waals surface area (Å²) in [6.45, 7) is 1.11. The number of hydrogen-bond acceptors (Lipinski definition) is 3. The zero-order chi connectivity index (χ0) is 13.5. The van der Waals surface area contributed by atoms with E-state index in [2.05, 4.69) is 21.1 Å². The minimum Gasteiger partial charge on any atom is -1.00 e. The topological polar surface area (TPSA) is 80.6 Å². The van der Waals surface area contributed by atoms with Crippen molar-refractivity contribution in [3.05, 3.63) is 29.8 Å². The molecule has 0 fully saturated rings. The van der Waals surface area contributed by atoms with Crippen molar-refractivity contribution in [1.29, 1.82) is 0 Å². The predicted molar refractivity (Wildman–Crippen MR) is 63.9 cm³/mol. The summed E-state index contributed by atoms with van der Waals surface area (Å²) in [7, 11) is 6.16. The molecule has 0 aromatic heterocycles. The van der Waals surface area contributed by atoms with Gasteiger partial charge in [0.2, 0.25) is 0 Å². The third-order valence-corrected chi connectivity index (χ3v) is 1.89. The molecule has 0 unspecified atom stereocenters. The molecule has 0 atom stereocenters. The summed E-state index contributed by atoms with van der Waals surface area (Å²) in [5.74, 6) is -1.62. The van der Waals surface area contributed by atoms with Crippen molar-refractivity contribution in [3.63, 3.8) is 0 Å². The molecular formula is C12H20KNO4. The average Bonchev–Trinajstić information content (AvgIpc) is 2.16. The average molecular weight is 281 g/mol. The molecule has 0 amide bonds. The van der Waals surface area contributed by atoms with Crippen LogP contribution in [0.2, 0.25) is 0 Å². The van der Waals surface area contributed by atoms with Gasteiger partial charge in [0, 0.05) is 0 Å². The van der Waals surface area contributed by atoms with Crippen LogP contribution < -0.4 is 56.5 Å². The molecule has 0 saturated carbocycles. The molecule has 2 N–H and O–H groups in total. The number of aromatic carboxylic acids is 1. The summed E-state index contributed by atoms with van der Waals surface area (Å²) in [6.07, 6.45) is 0. The maximum atomic E-state index is 10.7. The summed E-state index contributed by atoms with van der Waals surface area (Å²) >= 11 is 0. The van der Waals surface area contributed by atoms with E-state index < -0.39 is 11.7 Å². The Kier molecular flexibility index (Phi) is 11.2.